The van der Waals surface area contributed by atoms with Gasteiger partial charge >= 0.3 is 0 Å². The highest BCUT2D eigenvalue weighted by Crippen LogP contribution is 2.29. The highest BCUT2D eigenvalue weighted by molar-refractivity contribution is 6.07. The van der Waals surface area contributed by atoms with Crippen molar-refractivity contribution in [2.24, 2.45) is 0 Å². The molecule has 5 rings (SSSR count). The van der Waals surface area contributed by atoms with Crippen LogP contribution in [0.1, 0.15) is 26.4 Å². The minimum absolute atomic E-state index is 0.155. The third kappa shape index (κ3) is 4.07. The van der Waals surface area contributed by atoms with Crippen LogP contribution in [-0.4, -0.2) is 72.2 Å². The van der Waals surface area contributed by atoms with Crippen LogP contribution in [0.5, 0.6) is 11.5 Å². The normalized spacial score (nSPS) is 13.8. The van der Waals surface area contributed by atoms with Crippen LogP contribution in [0.2, 0.25) is 0 Å². The molecule has 4 heterocycles. The summed E-state index contributed by atoms with van der Waals surface area (Å²) >= 11 is 0. The van der Waals surface area contributed by atoms with Gasteiger partial charge in [0.15, 0.2) is 5.76 Å². The molecule has 0 unspecified atom stereocenters. The molecule has 10 nitrogen and oxygen atoms in total. The average Bonchev–Trinajstić information content (AvgIpc) is 3.57. The van der Waals surface area contributed by atoms with Crippen molar-refractivity contribution < 1.29 is 28.0 Å². The average molecular weight is 476 g/mol. The molecule has 0 N–H and O–H groups in total. The lowest BCUT2D eigenvalue weighted by atomic mass is 10.1. The van der Waals surface area contributed by atoms with E-state index in [0.717, 1.165) is 0 Å². The molecule has 0 bridgehead atoms. The minimum atomic E-state index is -0.175. The standard InChI is InChI=1S/C25H24N4O6/c1-15-22-18(14-19(20-5-4-12-34-20)26-23(22)35-27-15)25(31)29-10-8-28(9-11-29)24(30)17-7-6-16(32-2)13-21(17)33-3/h4-7,12-14H,8-11H2,1-3H3. The second kappa shape index (κ2) is 9.13. The predicted molar refractivity (Wildman–Crippen MR) is 126 cm³/mol. The Kier molecular flexibility index (Phi) is 5.86. The van der Waals surface area contributed by atoms with Crippen molar-refractivity contribution in [1.82, 2.24) is 19.9 Å². The number of ether oxygens (including phenoxy) is 2. The largest absolute Gasteiger partial charge is 0.497 e. The number of carbonyl (C=O) groups is 2. The van der Waals surface area contributed by atoms with Gasteiger partial charge in [-0.2, -0.15) is 0 Å². The second-order valence-corrected chi connectivity index (χ2v) is 8.13. The fourth-order valence-corrected chi connectivity index (χ4v) is 4.24. The van der Waals surface area contributed by atoms with Gasteiger partial charge in [-0.1, -0.05) is 5.16 Å². The molecule has 35 heavy (non-hydrogen) atoms. The van der Waals surface area contributed by atoms with E-state index in [0.29, 0.717) is 71.3 Å². The molecule has 1 aromatic carbocycles. The molecular formula is C25H24N4O6. The molecule has 0 atom stereocenters. The van der Waals surface area contributed by atoms with Gasteiger partial charge in [-0.15, -0.1) is 0 Å². The number of hydrogen-bond donors (Lipinski definition) is 0. The molecule has 0 radical (unpaired) electrons. The van der Waals surface area contributed by atoms with Crippen LogP contribution in [-0.2, 0) is 0 Å². The van der Waals surface area contributed by atoms with Gasteiger partial charge in [-0.3, -0.25) is 9.59 Å². The minimum Gasteiger partial charge on any atom is -0.497 e. The SMILES string of the molecule is COc1ccc(C(=O)N2CCN(C(=O)c3cc(-c4ccco4)nc4onc(C)c34)CC2)c(OC)c1. The zero-order valence-corrected chi connectivity index (χ0v) is 19.6. The van der Waals surface area contributed by atoms with Crippen molar-refractivity contribution in [3.63, 3.8) is 0 Å². The number of fused-ring (bicyclic) bond motifs is 1. The molecule has 3 aromatic heterocycles. The first-order valence-corrected chi connectivity index (χ1v) is 11.1. The molecule has 4 aromatic rings. The second-order valence-electron chi connectivity index (χ2n) is 8.13. The monoisotopic (exact) mass is 476 g/mol. The molecule has 180 valence electrons. The van der Waals surface area contributed by atoms with Crippen molar-refractivity contribution in [3.8, 4) is 23.0 Å². The van der Waals surface area contributed by atoms with Crippen LogP contribution < -0.4 is 9.47 Å². The number of pyridine rings is 1. The zero-order valence-electron chi connectivity index (χ0n) is 19.6. The van der Waals surface area contributed by atoms with E-state index in [1.54, 1.807) is 66.5 Å². The predicted octanol–water partition coefficient (Wildman–Crippen LogP) is 3.41. The van der Waals surface area contributed by atoms with E-state index in [1.807, 2.05) is 0 Å². The van der Waals surface area contributed by atoms with E-state index in [1.165, 1.54) is 7.11 Å². The summed E-state index contributed by atoms with van der Waals surface area (Å²) in [5, 5.41) is 4.57. The number of hydrogen-bond acceptors (Lipinski definition) is 8. The van der Waals surface area contributed by atoms with Crippen molar-refractivity contribution in [3.05, 3.63) is 59.5 Å². The summed E-state index contributed by atoms with van der Waals surface area (Å²) in [7, 11) is 3.07. The van der Waals surface area contributed by atoms with Gasteiger partial charge in [-0.25, -0.2) is 4.98 Å². The van der Waals surface area contributed by atoms with E-state index in [9.17, 15) is 9.59 Å². The van der Waals surface area contributed by atoms with Crippen LogP contribution in [0.15, 0.2) is 51.6 Å². The summed E-state index contributed by atoms with van der Waals surface area (Å²) in [6.45, 7) is 3.32. The third-order valence-electron chi connectivity index (χ3n) is 6.11. The van der Waals surface area contributed by atoms with E-state index in [4.69, 9.17) is 18.4 Å². The Morgan fingerprint density at radius 2 is 1.66 bits per heavy atom. The lowest BCUT2D eigenvalue weighted by Crippen LogP contribution is -2.50. The zero-order chi connectivity index (χ0) is 24.5. The highest BCUT2D eigenvalue weighted by atomic mass is 16.5. The van der Waals surface area contributed by atoms with Crippen LogP contribution in [0.4, 0.5) is 0 Å². The first kappa shape index (κ1) is 22.5. The Bertz CT molecular complexity index is 1390. The number of amides is 2. The summed E-state index contributed by atoms with van der Waals surface area (Å²) in [6.07, 6.45) is 1.54. The Hall–Kier alpha value is -4.34. The Balaban J connectivity index is 1.36. The fourth-order valence-electron chi connectivity index (χ4n) is 4.24. The Morgan fingerprint density at radius 3 is 2.29 bits per heavy atom. The summed E-state index contributed by atoms with van der Waals surface area (Å²) in [4.78, 5) is 34.6. The molecule has 10 heteroatoms. The number of nitrogens with zero attached hydrogens (tertiary/aromatic N) is 4. The van der Waals surface area contributed by atoms with Gasteiger partial charge in [0.05, 0.1) is 42.7 Å². The van der Waals surface area contributed by atoms with Crippen molar-refractivity contribution >= 4 is 22.9 Å². The number of carbonyl (C=O) groups excluding carboxylic acids is 2. The Labute approximate surface area is 201 Å². The summed E-state index contributed by atoms with van der Waals surface area (Å²) < 4.78 is 21.4. The summed E-state index contributed by atoms with van der Waals surface area (Å²) in [6, 6.07) is 10.3. The van der Waals surface area contributed by atoms with Crippen LogP contribution >= 0.6 is 0 Å². The molecule has 1 fully saturated rings. The third-order valence-corrected chi connectivity index (χ3v) is 6.11. The number of benzene rings is 1. The van der Waals surface area contributed by atoms with Gasteiger partial charge < -0.3 is 28.2 Å². The van der Waals surface area contributed by atoms with E-state index < -0.39 is 0 Å². The quantitative estimate of drug-likeness (QED) is 0.431. The van der Waals surface area contributed by atoms with Crippen LogP contribution in [0.25, 0.3) is 22.6 Å². The number of piperazine rings is 1. The van der Waals surface area contributed by atoms with Crippen molar-refractivity contribution in [2.45, 2.75) is 6.92 Å². The van der Waals surface area contributed by atoms with Gasteiger partial charge in [0.1, 0.15) is 17.2 Å². The van der Waals surface area contributed by atoms with Crippen molar-refractivity contribution in [1.29, 1.82) is 0 Å². The first-order chi connectivity index (χ1) is 17.0. The van der Waals surface area contributed by atoms with Crippen molar-refractivity contribution in [2.75, 3.05) is 40.4 Å². The number of furan rings is 1. The maximum absolute atomic E-state index is 13.6. The maximum atomic E-state index is 13.6. The number of aromatic nitrogens is 2. The molecule has 1 aliphatic heterocycles. The fraction of sp³-hybridized carbons (Fsp3) is 0.280. The molecule has 0 spiro atoms. The number of rotatable bonds is 5. The van der Waals surface area contributed by atoms with Crippen LogP contribution in [0.3, 0.4) is 0 Å². The van der Waals surface area contributed by atoms with E-state index in [-0.39, 0.29) is 17.5 Å². The van der Waals surface area contributed by atoms with Crippen LogP contribution in [0, 0.1) is 6.92 Å². The molecule has 1 aliphatic rings. The number of aryl methyl sites for hydroxylation is 1. The maximum Gasteiger partial charge on any atom is 0.259 e. The number of methoxy groups -OCH3 is 2. The molecule has 0 aliphatic carbocycles. The Morgan fingerprint density at radius 1 is 0.943 bits per heavy atom. The first-order valence-electron chi connectivity index (χ1n) is 11.1. The van der Waals surface area contributed by atoms with E-state index in [2.05, 4.69) is 10.1 Å². The van der Waals surface area contributed by atoms with Gasteiger partial charge in [0.25, 0.3) is 17.5 Å². The lowest BCUT2D eigenvalue weighted by molar-refractivity contribution is 0.0534. The molecule has 0 saturated carbocycles. The van der Waals surface area contributed by atoms with Gasteiger partial charge in [0, 0.05) is 32.2 Å². The smallest absolute Gasteiger partial charge is 0.259 e. The highest BCUT2D eigenvalue weighted by Gasteiger charge is 2.29. The van der Waals surface area contributed by atoms with Gasteiger partial charge in [0.2, 0.25) is 0 Å². The van der Waals surface area contributed by atoms with Gasteiger partial charge in [-0.05, 0) is 37.3 Å². The molecule has 2 amide bonds. The lowest BCUT2D eigenvalue weighted by Gasteiger charge is -2.35. The topological polar surface area (TPSA) is 111 Å². The summed E-state index contributed by atoms with van der Waals surface area (Å²) in [5.74, 6) is 1.25. The molecular weight excluding hydrogens is 452 g/mol. The molecule has 1 saturated heterocycles. The summed E-state index contributed by atoms with van der Waals surface area (Å²) in [5.41, 5.74) is 2.24. The van der Waals surface area contributed by atoms with E-state index >= 15 is 0 Å².